The molecule has 8 heteroatoms. The van der Waals surface area contributed by atoms with Crippen LogP contribution in [0.2, 0.25) is 5.02 Å². The van der Waals surface area contributed by atoms with Gasteiger partial charge in [-0.05, 0) is 48.7 Å². The zero-order valence-electron chi connectivity index (χ0n) is 19.7. The Balaban J connectivity index is 1.31. The minimum absolute atomic E-state index is 0.0625. The van der Waals surface area contributed by atoms with E-state index in [0.29, 0.717) is 53.7 Å². The van der Waals surface area contributed by atoms with E-state index in [2.05, 4.69) is 5.32 Å². The summed E-state index contributed by atoms with van der Waals surface area (Å²) in [7, 11) is 0. The molecule has 0 bridgehead atoms. The van der Waals surface area contributed by atoms with E-state index in [-0.39, 0.29) is 30.8 Å². The van der Waals surface area contributed by atoms with Gasteiger partial charge in [-0.1, -0.05) is 54.1 Å². The van der Waals surface area contributed by atoms with Crippen LogP contribution in [0.25, 0.3) is 0 Å². The van der Waals surface area contributed by atoms with E-state index in [9.17, 15) is 14.4 Å². The summed E-state index contributed by atoms with van der Waals surface area (Å²) < 4.78 is 11.1. The molecule has 7 nitrogen and oxygen atoms in total. The Kier molecular flexibility index (Phi) is 8.57. The van der Waals surface area contributed by atoms with Crippen molar-refractivity contribution in [3.8, 4) is 11.5 Å². The molecule has 0 spiro atoms. The molecule has 1 aliphatic rings. The molecule has 36 heavy (non-hydrogen) atoms. The van der Waals surface area contributed by atoms with Crippen LogP contribution in [0.5, 0.6) is 11.5 Å². The van der Waals surface area contributed by atoms with Crippen LogP contribution in [0.15, 0.2) is 72.8 Å². The first-order chi connectivity index (χ1) is 17.5. The molecule has 1 N–H and O–H groups in total. The van der Waals surface area contributed by atoms with Crippen LogP contribution in [0, 0.1) is 0 Å². The van der Waals surface area contributed by atoms with Gasteiger partial charge in [0.15, 0.2) is 19.0 Å². The molecular formula is C28H27ClN2O5. The van der Waals surface area contributed by atoms with Gasteiger partial charge in [-0.3, -0.25) is 14.4 Å². The van der Waals surface area contributed by atoms with Crippen LogP contribution in [-0.4, -0.2) is 43.9 Å². The monoisotopic (exact) mass is 506 g/mol. The lowest BCUT2D eigenvalue weighted by Gasteiger charge is -2.29. The summed E-state index contributed by atoms with van der Waals surface area (Å²) in [4.78, 5) is 39.1. The number of nitrogens with zero attached hydrogens (tertiary/aromatic N) is 1. The fourth-order valence-corrected chi connectivity index (χ4v) is 4.08. The van der Waals surface area contributed by atoms with E-state index < -0.39 is 0 Å². The van der Waals surface area contributed by atoms with Gasteiger partial charge in [-0.15, -0.1) is 0 Å². The van der Waals surface area contributed by atoms with Crippen molar-refractivity contribution in [1.82, 2.24) is 5.32 Å². The molecule has 3 aromatic rings. The Morgan fingerprint density at radius 3 is 2.61 bits per heavy atom. The second-order valence-electron chi connectivity index (χ2n) is 8.35. The molecule has 1 heterocycles. The highest BCUT2D eigenvalue weighted by molar-refractivity contribution is 6.32. The van der Waals surface area contributed by atoms with E-state index in [1.165, 1.54) is 0 Å². The Morgan fingerprint density at radius 2 is 1.81 bits per heavy atom. The zero-order valence-corrected chi connectivity index (χ0v) is 20.5. The van der Waals surface area contributed by atoms with Gasteiger partial charge in [-0.2, -0.15) is 0 Å². The molecule has 0 saturated carbocycles. The van der Waals surface area contributed by atoms with Crippen molar-refractivity contribution in [2.75, 3.05) is 31.2 Å². The van der Waals surface area contributed by atoms with Crippen LogP contribution in [0.1, 0.15) is 28.8 Å². The predicted molar refractivity (Wildman–Crippen MR) is 138 cm³/mol. The molecule has 0 aromatic heterocycles. The molecule has 0 radical (unpaired) electrons. The number of benzene rings is 3. The second kappa shape index (κ2) is 12.2. The molecule has 3 aromatic carbocycles. The molecular weight excluding hydrogens is 480 g/mol. The van der Waals surface area contributed by atoms with Gasteiger partial charge in [0, 0.05) is 25.1 Å². The lowest BCUT2D eigenvalue weighted by molar-refractivity contribution is -0.122. The third-order valence-electron chi connectivity index (χ3n) is 5.78. The van der Waals surface area contributed by atoms with Crippen molar-refractivity contribution < 1.29 is 23.9 Å². The van der Waals surface area contributed by atoms with Crippen molar-refractivity contribution in [3.05, 3.63) is 88.9 Å². The Morgan fingerprint density at radius 1 is 1.03 bits per heavy atom. The Bertz CT molecular complexity index is 1230. The highest BCUT2D eigenvalue weighted by Crippen LogP contribution is 2.33. The fraction of sp³-hybridized carbons (Fsp3) is 0.250. The van der Waals surface area contributed by atoms with E-state index in [1.807, 2.05) is 30.3 Å². The number of carbonyl (C=O) groups is 3. The quantitative estimate of drug-likeness (QED) is 0.388. The maximum absolute atomic E-state index is 12.7. The Labute approximate surface area is 215 Å². The minimum atomic E-state index is -0.256. The number of para-hydroxylation sites is 1. The van der Waals surface area contributed by atoms with Gasteiger partial charge in [-0.25, -0.2) is 0 Å². The predicted octanol–water partition coefficient (Wildman–Crippen LogP) is 4.47. The van der Waals surface area contributed by atoms with Crippen molar-refractivity contribution in [1.29, 1.82) is 0 Å². The number of ether oxygens (including phenoxy) is 2. The summed E-state index contributed by atoms with van der Waals surface area (Å²) >= 11 is 6.09. The van der Waals surface area contributed by atoms with E-state index >= 15 is 0 Å². The molecule has 4 rings (SSSR count). The molecule has 2 amide bonds. The number of fused-ring (bicyclic) bond motifs is 1. The summed E-state index contributed by atoms with van der Waals surface area (Å²) in [6, 6.07) is 21.8. The maximum Gasteiger partial charge on any atom is 0.265 e. The van der Waals surface area contributed by atoms with Gasteiger partial charge in [0.1, 0.15) is 11.5 Å². The van der Waals surface area contributed by atoms with Crippen molar-refractivity contribution in [2.24, 2.45) is 0 Å². The molecule has 0 atom stereocenters. The van der Waals surface area contributed by atoms with Crippen LogP contribution >= 0.6 is 11.6 Å². The van der Waals surface area contributed by atoms with Gasteiger partial charge < -0.3 is 19.7 Å². The molecule has 186 valence electrons. The largest absolute Gasteiger partial charge is 0.484 e. The summed E-state index contributed by atoms with van der Waals surface area (Å²) in [5.41, 5.74) is 2.07. The number of anilines is 1. The average Bonchev–Trinajstić information content (AvgIpc) is 2.89. The second-order valence-corrected chi connectivity index (χ2v) is 8.76. The SMILES string of the molecule is O=C(CCCN1C(=O)COc2ccc(C(=O)COc3ccccc3Cl)cc21)NCCc1ccccc1. The van der Waals surface area contributed by atoms with Crippen LogP contribution < -0.4 is 19.7 Å². The number of hydrogen-bond donors (Lipinski definition) is 1. The number of Topliss-reactive ketones (excluding diaryl/α,β-unsaturated/α-hetero) is 1. The number of halogens is 1. The summed E-state index contributed by atoms with van der Waals surface area (Å²) in [5.74, 6) is 0.406. The first-order valence-corrected chi connectivity index (χ1v) is 12.2. The lowest BCUT2D eigenvalue weighted by atomic mass is 10.1. The van der Waals surface area contributed by atoms with Gasteiger partial charge in [0.2, 0.25) is 5.91 Å². The Hall–Kier alpha value is -3.84. The molecule has 0 unspecified atom stereocenters. The standard InChI is InChI=1S/C28H27ClN2O5/c29-22-9-4-5-10-25(22)35-18-24(32)21-12-13-26-23(17-21)31(28(34)19-36-26)16-6-11-27(33)30-15-14-20-7-2-1-3-8-20/h1-5,7-10,12-13,17H,6,11,14-16,18-19H2,(H,30,33). The number of rotatable bonds is 11. The van der Waals surface area contributed by atoms with Gasteiger partial charge >= 0.3 is 0 Å². The number of ketones is 1. The van der Waals surface area contributed by atoms with Crippen molar-refractivity contribution >= 4 is 34.9 Å². The van der Waals surface area contributed by atoms with E-state index in [4.69, 9.17) is 21.1 Å². The number of nitrogens with one attached hydrogen (secondary N) is 1. The van der Waals surface area contributed by atoms with Gasteiger partial charge in [0.25, 0.3) is 5.91 Å². The molecule has 0 fully saturated rings. The van der Waals surface area contributed by atoms with E-state index in [0.717, 1.165) is 12.0 Å². The minimum Gasteiger partial charge on any atom is -0.484 e. The number of hydrogen-bond acceptors (Lipinski definition) is 5. The summed E-state index contributed by atoms with van der Waals surface area (Å²) in [6.45, 7) is 0.624. The third-order valence-corrected chi connectivity index (χ3v) is 6.10. The van der Waals surface area contributed by atoms with Crippen molar-refractivity contribution in [3.63, 3.8) is 0 Å². The zero-order chi connectivity index (χ0) is 25.3. The van der Waals surface area contributed by atoms with Gasteiger partial charge in [0.05, 0.1) is 10.7 Å². The maximum atomic E-state index is 12.7. The first kappa shape index (κ1) is 25.3. The summed E-state index contributed by atoms with van der Waals surface area (Å²) in [6.07, 6.45) is 1.54. The average molecular weight is 507 g/mol. The number of amides is 2. The van der Waals surface area contributed by atoms with Crippen molar-refractivity contribution in [2.45, 2.75) is 19.3 Å². The summed E-state index contributed by atoms with van der Waals surface area (Å²) in [5, 5.41) is 3.34. The molecule has 1 aliphatic heterocycles. The molecule has 0 aliphatic carbocycles. The first-order valence-electron chi connectivity index (χ1n) is 11.8. The normalized spacial score (nSPS) is 12.5. The highest BCUT2D eigenvalue weighted by Gasteiger charge is 2.26. The fourth-order valence-electron chi connectivity index (χ4n) is 3.89. The van der Waals surface area contributed by atoms with E-state index in [1.54, 1.807) is 47.4 Å². The topological polar surface area (TPSA) is 84.9 Å². The van der Waals surface area contributed by atoms with Crippen LogP contribution in [0.3, 0.4) is 0 Å². The molecule has 0 saturated heterocycles. The number of carbonyl (C=O) groups excluding carboxylic acids is 3. The highest BCUT2D eigenvalue weighted by atomic mass is 35.5. The third kappa shape index (κ3) is 6.64. The van der Waals surface area contributed by atoms with Crippen LogP contribution in [-0.2, 0) is 16.0 Å². The lowest BCUT2D eigenvalue weighted by Crippen LogP contribution is -2.40. The smallest absolute Gasteiger partial charge is 0.265 e. The van der Waals surface area contributed by atoms with Crippen LogP contribution in [0.4, 0.5) is 5.69 Å².